The molecule has 0 aromatic rings. The lowest BCUT2D eigenvalue weighted by Crippen LogP contribution is -2.41. The maximum atomic E-state index is 12.5. The van der Waals surface area contributed by atoms with Crippen LogP contribution < -0.4 is 0 Å². The maximum Gasteiger partial charge on any atom is 0.329 e. The summed E-state index contributed by atoms with van der Waals surface area (Å²) in [5.74, 6) is -0.890. The van der Waals surface area contributed by atoms with Gasteiger partial charge in [-0.1, -0.05) is 24.3 Å². The summed E-state index contributed by atoms with van der Waals surface area (Å²) in [5.41, 5.74) is 0. The zero-order valence-electron chi connectivity index (χ0n) is 17.3. The molecule has 2 atom stereocenters. The Hall–Kier alpha value is -2.64. The number of fused-ring (bicyclic) bond motifs is 2. The summed E-state index contributed by atoms with van der Waals surface area (Å²) in [4.78, 5) is 52.9. The topological polar surface area (TPSA) is 93.2 Å². The second-order valence-corrected chi connectivity index (χ2v) is 7.77. The van der Waals surface area contributed by atoms with E-state index in [1.54, 1.807) is 34.1 Å². The largest absolute Gasteiger partial charge is 0.460 e. The standard InChI is InChI=1S/C22H30N2O6/c25-19-11-3-1-5-15-29-21(27)17-9-8-14-24(17)20(26)12-4-2-6-16-30-22(28)18-10-7-13-23(18)19/h1-2,5-6,17-18H,3-4,7-16H2/b5-1+,6-2+. The zero-order valence-corrected chi connectivity index (χ0v) is 17.3. The molecule has 30 heavy (non-hydrogen) atoms. The van der Waals surface area contributed by atoms with Crippen LogP contribution in [0.15, 0.2) is 24.3 Å². The molecule has 3 aliphatic heterocycles. The van der Waals surface area contributed by atoms with Crippen LogP contribution in [0.5, 0.6) is 0 Å². The molecule has 0 aliphatic carbocycles. The molecular formula is C22H30N2O6. The van der Waals surface area contributed by atoms with Gasteiger partial charge in [-0.05, 0) is 38.5 Å². The number of rotatable bonds is 0. The summed E-state index contributed by atoms with van der Waals surface area (Å²) in [6.45, 7) is 1.37. The molecule has 2 unspecified atom stereocenters. The number of nitrogens with zero attached hydrogens (tertiary/aromatic N) is 2. The number of ether oxygens (including phenoxy) is 2. The molecule has 3 aliphatic rings. The number of amides is 2. The second kappa shape index (κ2) is 10.9. The van der Waals surface area contributed by atoms with Crippen molar-refractivity contribution in [1.82, 2.24) is 9.80 Å². The van der Waals surface area contributed by atoms with E-state index in [1.807, 2.05) is 0 Å². The van der Waals surface area contributed by atoms with E-state index in [4.69, 9.17) is 9.47 Å². The number of carbonyl (C=O) groups is 4. The van der Waals surface area contributed by atoms with E-state index in [1.165, 1.54) is 0 Å². The highest BCUT2D eigenvalue weighted by Crippen LogP contribution is 2.21. The SMILES string of the molecule is O=C1OC/C=C/CCC(=O)N2CCCC2C(=O)OC/C=C/CCC(=O)N2CCCC12. The fourth-order valence-electron chi connectivity index (χ4n) is 4.15. The molecule has 0 spiro atoms. The minimum Gasteiger partial charge on any atom is -0.460 e. The summed E-state index contributed by atoms with van der Waals surface area (Å²) in [5, 5.41) is 0. The molecule has 0 N–H and O–H groups in total. The van der Waals surface area contributed by atoms with Crippen LogP contribution in [0, 0.1) is 0 Å². The van der Waals surface area contributed by atoms with Gasteiger partial charge in [0.2, 0.25) is 11.8 Å². The number of carbonyl (C=O) groups excluding carboxylic acids is 4. The van der Waals surface area contributed by atoms with Crippen LogP contribution in [0.1, 0.15) is 51.4 Å². The minimum atomic E-state index is -0.518. The Morgan fingerprint density at radius 1 is 0.667 bits per heavy atom. The Bertz CT molecular complexity index is 600. The number of esters is 2. The molecule has 0 saturated carbocycles. The summed E-state index contributed by atoms with van der Waals surface area (Å²) >= 11 is 0. The van der Waals surface area contributed by atoms with Crippen molar-refractivity contribution in [1.29, 1.82) is 0 Å². The van der Waals surface area contributed by atoms with Crippen LogP contribution in [0.2, 0.25) is 0 Å². The highest BCUT2D eigenvalue weighted by atomic mass is 16.5. The Morgan fingerprint density at radius 3 is 1.53 bits per heavy atom. The molecule has 2 amide bonds. The third-order valence-electron chi connectivity index (χ3n) is 5.72. The fourth-order valence-corrected chi connectivity index (χ4v) is 4.15. The van der Waals surface area contributed by atoms with E-state index in [0.29, 0.717) is 51.6 Å². The highest BCUT2D eigenvalue weighted by Gasteiger charge is 2.35. The van der Waals surface area contributed by atoms with E-state index < -0.39 is 12.1 Å². The number of hydrogen-bond acceptors (Lipinski definition) is 6. The van der Waals surface area contributed by atoms with Crippen molar-refractivity contribution < 1.29 is 28.7 Å². The van der Waals surface area contributed by atoms with Gasteiger partial charge in [0.25, 0.3) is 0 Å². The van der Waals surface area contributed by atoms with Crippen LogP contribution in [0.25, 0.3) is 0 Å². The van der Waals surface area contributed by atoms with Crippen molar-refractivity contribution in [3.05, 3.63) is 24.3 Å². The van der Waals surface area contributed by atoms with Crippen LogP contribution in [-0.2, 0) is 28.7 Å². The lowest BCUT2D eigenvalue weighted by molar-refractivity contribution is -0.152. The Balaban J connectivity index is 1.63. The average molecular weight is 418 g/mol. The Morgan fingerprint density at radius 2 is 1.10 bits per heavy atom. The number of hydrogen-bond donors (Lipinski definition) is 0. The molecule has 8 nitrogen and oxygen atoms in total. The van der Waals surface area contributed by atoms with Gasteiger partial charge in [0, 0.05) is 25.9 Å². The quantitative estimate of drug-likeness (QED) is 0.439. The smallest absolute Gasteiger partial charge is 0.329 e. The first kappa shape index (κ1) is 22.1. The molecule has 0 bridgehead atoms. The molecule has 3 rings (SSSR count). The molecule has 8 heteroatoms. The van der Waals surface area contributed by atoms with Crippen LogP contribution in [0.3, 0.4) is 0 Å². The predicted octanol–water partition coefficient (Wildman–Crippen LogP) is 1.74. The number of cyclic esters (lactones) is 2. The molecule has 164 valence electrons. The monoisotopic (exact) mass is 418 g/mol. The summed E-state index contributed by atoms with van der Waals surface area (Å²) in [6.07, 6.45) is 11.4. The van der Waals surface area contributed by atoms with Gasteiger partial charge in [-0.3, -0.25) is 9.59 Å². The second-order valence-electron chi connectivity index (χ2n) is 7.77. The van der Waals surface area contributed by atoms with Gasteiger partial charge in [-0.25, -0.2) is 9.59 Å². The highest BCUT2D eigenvalue weighted by molar-refractivity contribution is 5.86. The van der Waals surface area contributed by atoms with Crippen molar-refractivity contribution in [3.63, 3.8) is 0 Å². The lowest BCUT2D eigenvalue weighted by Gasteiger charge is -2.23. The molecule has 2 fully saturated rings. The summed E-state index contributed by atoms with van der Waals surface area (Å²) in [7, 11) is 0. The van der Waals surface area contributed by atoms with Crippen molar-refractivity contribution in [3.8, 4) is 0 Å². The third-order valence-corrected chi connectivity index (χ3v) is 5.72. The van der Waals surface area contributed by atoms with E-state index in [0.717, 1.165) is 12.8 Å². The maximum absolute atomic E-state index is 12.5. The van der Waals surface area contributed by atoms with Crippen molar-refractivity contribution in [2.24, 2.45) is 0 Å². The molecule has 2 saturated heterocycles. The average Bonchev–Trinajstić information content (AvgIpc) is 3.41. The van der Waals surface area contributed by atoms with Gasteiger partial charge in [0.15, 0.2) is 0 Å². The molecule has 0 aromatic heterocycles. The molecular weight excluding hydrogens is 388 g/mol. The summed E-state index contributed by atoms with van der Waals surface area (Å²) in [6, 6.07) is -1.04. The minimum absolute atomic E-state index is 0.0684. The van der Waals surface area contributed by atoms with Crippen LogP contribution >= 0.6 is 0 Å². The van der Waals surface area contributed by atoms with Gasteiger partial charge in [0.1, 0.15) is 25.3 Å². The summed E-state index contributed by atoms with van der Waals surface area (Å²) < 4.78 is 10.6. The van der Waals surface area contributed by atoms with Gasteiger partial charge in [-0.15, -0.1) is 0 Å². The molecule has 0 radical (unpaired) electrons. The van der Waals surface area contributed by atoms with E-state index >= 15 is 0 Å². The predicted molar refractivity (Wildman–Crippen MR) is 108 cm³/mol. The molecule has 3 heterocycles. The van der Waals surface area contributed by atoms with E-state index in [2.05, 4.69) is 0 Å². The normalized spacial score (nSPS) is 29.6. The fraction of sp³-hybridized carbons (Fsp3) is 0.636. The van der Waals surface area contributed by atoms with Crippen molar-refractivity contribution >= 4 is 23.8 Å². The third kappa shape index (κ3) is 5.70. The molecule has 0 aromatic carbocycles. The Kier molecular flexibility index (Phi) is 8.04. The van der Waals surface area contributed by atoms with Gasteiger partial charge < -0.3 is 19.3 Å². The first-order valence-corrected chi connectivity index (χ1v) is 10.8. The van der Waals surface area contributed by atoms with Gasteiger partial charge in [0.05, 0.1) is 0 Å². The first-order valence-electron chi connectivity index (χ1n) is 10.8. The first-order chi connectivity index (χ1) is 14.6. The van der Waals surface area contributed by atoms with Crippen molar-refractivity contribution in [2.75, 3.05) is 26.3 Å². The van der Waals surface area contributed by atoms with E-state index in [-0.39, 0.29) is 37.0 Å². The Labute approximate surface area is 176 Å². The van der Waals surface area contributed by atoms with Crippen LogP contribution in [-0.4, -0.2) is 71.9 Å². The van der Waals surface area contributed by atoms with Crippen LogP contribution in [0.4, 0.5) is 0 Å². The van der Waals surface area contributed by atoms with Gasteiger partial charge >= 0.3 is 11.9 Å². The lowest BCUT2D eigenvalue weighted by atomic mass is 10.2. The van der Waals surface area contributed by atoms with Crippen molar-refractivity contribution in [2.45, 2.75) is 63.5 Å². The number of allylic oxidation sites excluding steroid dienone is 2. The van der Waals surface area contributed by atoms with Gasteiger partial charge in [-0.2, -0.15) is 0 Å². The zero-order chi connectivity index (χ0) is 21.3. The van der Waals surface area contributed by atoms with E-state index in [9.17, 15) is 19.2 Å².